The SMILES string of the molecule is Cn1nccc1C1CCCCC1CNC1CC1. The molecule has 0 bridgehead atoms. The summed E-state index contributed by atoms with van der Waals surface area (Å²) in [6.07, 6.45) is 10.2. The highest BCUT2D eigenvalue weighted by atomic mass is 15.3. The molecule has 2 aliphatic carbocycles. The Balaban J connectivity index is 1.68. The molecule has 2 atom stereocenters. The van der Waals surface area contributed by atoms with Crippen LogP contribution in [0.15, 0.2) is 12.3 Å². The van der Waals surface area contributed by atoms with Gasteiger partial charge in [0.15, 0.2) is 0 Å². The molecule has 0 amide bonds. The van der Waals surface area contributed by atoms with Crippen molar-refractivity contribution in [3.8, 4) is 0 Å². The Morgan fingerprint density at radius 3 is 2.82 bits per heavy atom. The summed E-state index contributed by atoms with van der Waals surface area (Å²) in [7, 11) is 2.08. The van der Waals surface area contributed by atoms with E-state index in [-0.39, 0.29) is 0 Å². The fraction of sp³-hybridized carbons (Fsp3) is 0.786. The summed E-state index contributed by atoms with van der Waals surface area (Å²) in [5.41, 5.74) is 1.44. The van der Waals surface area contributed by atoms with Crippen LogP contribution in [0.3, 0.4) is 0 Å². The predicted molar refractivity (Wildman–Crippen MR) is 68.9 cm³/mol. The van der Waals surface area contributed by atoms with Crippen molar-refractivity contribution >= 4 is 0 Å². The third-order valence-electron chi connectivity index (χ3n) is 4.39. The molecule has 94 valence electrons. The minimum atomic E-state index is 0.725. The quantitative estimate of drug-likeness (QED) is 0.865. The number of hydrogen-bond donors (Lipinski definition) is 1. The van der Waals surface area contributed by atoms with E-state index in [1.54, 1.807) is 0 Å². The molecule has 1 heterocycles. The lowest BCUT2D eigenvalue weighted by molar-refractivity contribution is 0.285. The molecule has 2 saturated carbocycles. The molecule has 0 aromatic carbocycles. The van der Waals surface area contributed by atoms with E-state index in [9.17, 15) is 0 Å². The van der Waals surface area contributed by atoms with E-state index in [0.717, 1.165) is 17.9 Å². The van der Waals surface area contributed by atoms with Gasteiger partial charge in [-0.2, -0.15) is 5.10 Å². The molecule has 2 unspecified atom stereocenters. The first-order chi connectivity index (χ1) is 8.34. The average molecular weight is 233 g/mol. The molecule has 0 spiro atoms. The molecule has 2 aliphatic rings. The highest BCUT2D eigenvalue weighted by molar-refractivity contribution is 5.10. The third-order valence-corrected chi connectivity index (χ3v) is 4.39. The van der Waals surface area contributed by atoms with Gasteiger partial charge in [0.05, 0.1) is 0 Å². The maximum absolute atomic E-state index is 4.33. The van der Waals surface area contributed by atoms with Gasteiger partial charge in [0.25, 0.3) is 0 Å². The van der Waals surface area contributed by atoms with Crippen LogP contribution in [0.5, 0.6) is 0 Å². The van der Waals surface area contributed by atoms with Crippen molar-refractivity contribution in [1.82, 2.24) is 15.1 Å². The van der Waals surface area contributed by atoms with Gasteiger partial charge in [-0.1, -0.05) is 12.8 Å². The van der Waals surface area contributed by atoms with Crippen molar-refractivity contribution < 1.29 is 0 Å². The largest absolute Gasteiger partial charge is 0.314 e. The van der Waals surface area contributed by atoms with Gasteiger partial charge < -0.3 is 5.32 Å². The number of nitrogens with one attached hydrogen (secondary N) is 1. The van der Waals surface area contributed by atoms with E-state index in [2.05, 4.69) is 28.2 Å². The fourth-order valence-electron chi connectivity index (χ4n) is 3.19. The lowest BCUT2D eigenvalue weighted by atomic mass is 9.77. The maximum Gasteiger partial charge on any atom is 0.0492 e. The van der Waals surface area contributed by atoms with Gasteiger partial charge in [-0.15, -0.1) is 0 Å². The molecule has 1 aromatic rings. The molecule has 3 heteroatoms. The zero-order chi connectivity index (χ0) is 11.7. The van der Waals surface area contributed by atoms with Crippen molar-refractivity contribution in [2.75, 3.05) is 6.54 Å². The first-order valence-electron chi connectivity index (χ1n) is 7.06. The molecule has 0 saturated heterocycles. The Bertz CT molecular complexity index is 367. The topological polar surface area (TPSA) is 29.9 Å². The van der Waals surface area contributed by atoms with E-state index in [1.807, 2.05) is 6.20 Å². The summed E-state index contributed by atoms with van der Waals surface area (Å²) in [6, 6.07) is 3.05. The fourth-order valence-corrected chi connectivity index (χ4v) is 3.19. The molecule has 2 fully saturated rings. The van der Waals surface area contributed by atoms with Crippen molar-refractivity contribution in [3.63, 3.8) is 0 Å². The Morgan fingerprint density at radius 1 is 1.29 bits per heavy atom. The van der Waals surface area contributed by atoms with Gasteiger partial charge in [-0.05, 0) is 44.2 Å². The molecular formula is C14H23N3. The summed E-state index contributed by atoms with van der Waals surface area (Å²) >= 11 is 0. The minimum Gasteiger partial charge on any atom is -0.314 e. The predicted octanol–water partition coefficient (Wildman–Crippen LogP) is 2.45. The summed E-state index contributed by atoms with van der Waals surface area (Å²) in [5.74, 6) is 1.54. The second-order valence-corrected chi connectivity index (χ2v) is 5.71. The van der Waals surface area contributed by atoms with Crippen LogP contribution in [0.25, 0.3) is 0 Å². The van der Waals surface area contributed by atoms with Gasteiger partial charge >= 0.3 is 0 Å². The minimum absolute atomic E-state index is 0.725. The van der Waals surface area contributed by atoms with E-state index in [0.29, 0.717) is 0 Å². The Morgan fingerprint density at radius 2 is 2.12 bits per heavy atom. The lowest BCUT2D eigenvalue weighted by Gasteiger charge is -2.32. The number of aryl methyl sites for hydroxylation is 1. The maximum atomic E-state index is 4.33. The highest BCUT2D eigenvalue weighted by Gasteiger charge is 2.30. The van der Waals surface area contributed by atoms with Gasteiger partial charge in [-0.25, -0.2) is 0 Å². The van der Waals surface area contributed by atoms with Crippen LogP contribution in [-0.4, -0.2) is 22.4 Å². The van der Waals surface area contributed by atoms with Gasteiger partial charge in [0, 0.05) is 30.9 Å². The summed E-state index contributed by atoms with van der Waals surface area (Å²) in [5, 5.41) is 8.04. The van der Waals surface area contributed by atoms with E-state index < -0.39 is 0 Å². The number of hydrogen-bond acceptors (Lipinski definition) is 2. The molecule has 0 aliphatic heterocycles. The van der Waals surface area contributed by atoms with Crippen molar-refractivity contribution in [1.29, 1.82) is 0 Å². The van der Waals surface area contributed by atoms with Crippen LogP contribution >= 0.6 is 0 Å². The summed E-state index contributed by atoms with van der Waals surface area (Å²) in [4.78, 5) is 0. The molecule has 0 radical (unpaired) electrons. The smallest absolute Gasteiger partial charge is 0.0492 e. The van der Waals surface area contributed by atoms with Crippen LogP contribution in [0.1, 0.15) is 50.1 Å². The highest BCUT2D eigenvalue weighted by Crippen LogP contribution is 2.37. The second-order valence-electron chi connectivity index (χ2n) is 5.71. The van der Waals surface area contributed by atoms with Crippen LogP contribution in [0.4, 0.5) is 0 Å². The van der Waals surface area contributed by atoms with E-state index >= 15 is 0 Å². The molecular weight excluding hydrogens is 210 g/mol. The van der Waals surface area contributed by atoms with Crippen molar-refractivity contribution in [2.45, 2.75) is 50.5 Å². The number of aromatic nitrogens is 2. The van der Waals surface area contributed by atoms with Crippen LogP contribution in [0, 0.1) is 5.92 Å². The van der Waals surface area contributed by atoms with Crippen LogP contribution in [-0.2, 0) is 7.05 Å². The van der Waals surface area contributed by atoms with Gasteiger partial charge in [0.2, 0.25) is 0 Å². The Labute approximate surface area is 104 Å². The van der Waals surface area contributed by atoms with E-state index in [4.69, 9.17) is 0 Å². The zero-order valence-electron chi connectivity index (χ0n) is 10.7. The Kier molecular flexibility index (Phi) is 3.19. The zero-order valence-corrected chi connectivity index (χ0v) is 10.7. The van der Waals surface area contributed by atoms with Crippen LogP contribution in [0.2, 0.25) is 0 Å². The first kappa shape index (κ1) is 11.3. The first-order valence-corrected chi connectivity index (χ1v) is 7.06. The van der Waals surface area contributed by atoms with Gasteiger partial charge in [-0.3, -0.25) is 4.68 Å². The molecule has 1 N–H and O–H groups in total. The molecule has 3 rings (SSSR count). The summed E-state index contributed by atoms with van der Waals surface area (Å²) in [6.45, 7) is 1.21. The average Bonchev–Trinajstić information content (AvgIpc) is 3.09. The van der Waals surface area contributed by atoms with Crippen molar-refractivity contribution in [2.24, 2.45) is 13.0 Å². The Hall–Kier alpha value is -0.830. The van der Waals surface area contributed by atoms with E-state index in [1.165, 1.54) is 50.8 Å². The molecule has 1 aromatic heterocycles. The summed E-state index contributed by atoms with van der Waals surface area (Å²) < 4.78 is 2.07. The molecule has 3 nitrogen and oxygen atoms in total. The standard InChI is InChI=1S/C14H23N3/c1-17-14(8-9-16-17)13-5-3-2-4-11(13)10-15-12-6-7-12/h8-9,11-13,15H,2-7,10H2,1H3. The molecule has 17 heavy (non-hydrogen) atoms. The lowest BCUT2D eigenvalue weighted by Crippen LogP contribution is -2.31. The van der Waals surface area contributed by atoms with Gasteiger partial charge in [0.1, 0.15) is 0 Å². The van der Waals surface area contributed by atoms with Crippen molar-refractivity contribution in [3.05, 3.63) is 18.0 Å². The third kappa shape index (κ3) is 2.54. The monoisotopic (exact) mass is 233 g/mol. The number of rotatable bonds is 4. The normalized spacial score (nSPS) is 29.5. The number of nitrogens with zero attached hydrogens (tertiary/aromatic N) is 2. The second kappa shape index (κ2) is 4.81. The van der Waals surface area contributed by atoms with Crippen LogP contribution < -0.4 is 5.32 Å².